The fraction of sp³-hybridized carbons (Fsp3) is 0.242. The quantitative estimate of drug-likeness (QED) is 0.104. The van der Waals surface area contributed by atoms with Crippen molar-refractivity contribution in [3.63, 3.8) is 0 Å². The molecular formula is C33H30N2O4S2. The molecule has 2 aromatic heterocycles. The number of hydrogen-bond donors (Lipinski definition) is 1. The molecule has 6 nitrogen and oxygen atoms in total. The van der Waals surface area contributed by atoms with Gasteiger partial charge in [0.05, 0.1) is 10.2 Å². The van der Waals surface area contributed by atoms with Crippen molar-refractivity contribution >= 4 is 50.4 Å². The number of ketones is 2. The normalized spacial score (nSPS) is 11.1. The topological polar surface area (TPSA) is 97.2 Å². The standard InChI is InChI=1S/C33H30N2O4S2/c36-28(31-35-27(21-40-31)33(38)39)15-7-5-12-23-13-8-14-24(19-23)25-17-18-26-30(20-25)41-32(34-26)29(37)16-6-4-11-22-9-2-1-3-10-22/h1-3,8-10,13-14,17-21H,4-7,11-12,15-16H2,(H,38,39). The van der Waals surface area contributed by atoms with Gasteiger partial charge in [-0.05, 0) is 72.9 Å². The minimum Gasteiger partial charge on any atom is -0.476 e. The molecule has 5 aromatic rings. The number of aromatic nitrogens is 2. The Balaban J connectivity index is 1.14. The lowest BCUT2D eigenvalue weighted by atomic mass is 10.00. The van der Waals surface area contributed by atoms with Crippen LogP contribution in [0.2, 0.25) is 0 Å². The van der Waals surface area contributed by atoms with Crippen LogP contribution in [0.25, 0.3) is 21.3 Å². The molecule has 1 N–H and O–H groups in total. The van der Waals surface area contributed by atoms with E-state index in [1.807, 2.05) is 36.4 Å². The molecule has 0 amide bonds. The molecule has 2 heterocycles. The van der Waals surface area contributed by atoms with Crippen LogP contribution >= 0.6 is 22.7 Å². The van der Waals surface area contributed by atoms with Gasteiger partial charge in [0.25, 0.3) is 0 Å². The summed E-state index contributed by atoms with van der Waals surface area (Å²) in [5, 5.41) is 11.2. The monoisotopic (exact) mass is 582 g/mol. The molecule has 208 valence electrons. The summed E-state index contributed by atoms with van der Waals surface area (Å²) in [6.07, 6.45) is 6.08. The highest BCUT2D eigenvalue weighted by Gasteiger charge is 2.15. The Kier molecular flexibility index (Phi) is 9.44. The number of thiazole rings is 2. The first kappa shape index (κ1) is 28.5. The van der Waals surface area contributed by atoms with Gasteiger partial charge in [0.15, 0.2) is 27.3 Å². The van der Waals surface area contributed by atoms with Crippen molar-refractivity contribution in [2.45, 2.75) is 51.4 Å². The summed E-state index contributed by atoms with van der Waals surface area (Å²) >= 11 is 2.55. The second kappa shape index (κ2) is 13.6. The summed E-state index contributed by atoms with van der Waals surface area (Å²) in [6.45, 7) is 0. The summed E-state index contributed by atoms with van der Waals surface area (Å²) in [7, 11) is 0. The molecule has 0 spiro atoms. The van der Waals surface area contributed by atoms with Crippen LogP contribution in [0.5, 0.6) is 0 Å². The number of carbonyl (C=O) groups excluding carboxylic acids is 2. The number of carboxylic acid groups (broad SMARTS) is 1. The number of benzene rings is 3. The van der Waals surface area contributed by atoms with Crippen molar-refractivity contribution < 1.29 is 19.5 Å². The van der Waals surface area contributed by atoms with E-state index in [-0.39, 0.29) is 22.3 Å². The van der Waals surface area contributed by atoms with Crippen LogP contribution in [-0.2, 0) is 12.8 Å². The minimum atomic E-state index is -1.12. The van der Waals surface area contributed by atoms with E-state index in [0.717, 1.165) is 64.8 Å². The lowest BCUT2D eigenvalue weighted by Crippen LogP contribution is -2.02. The zero-order valence-corrected chi connectivity index (χ0v) is 24.2. The van der Waals surface area contributed by atoms with Gasteiger partial charge in [-0.1, -0.05) is 60.7 Å². The largest absolute Gasteiger partial charge is 0.476 e. The molecule has 0 atom stereocenters. The van der Waals surface area contributed by atoms with E-state index in [2.05, 4.69) is 46.4 Å². The zero-order valence-electron chi connectivity index (χ0n) is 22.5. The highest BCUT2D eigenvalue weighted by atomic mass is 32.1. The Morgan fingerprint density at radius 2 is 1.37 bits per heavy atom. The van der Waals surface area contributed by atoms with E-state index < -0.39 is 5.97 Å². The SMILES string of the molecule is O=C(O)c1csc(C(=O)CCCCc2cccc(-c3ccc4nc(C(=O)CCCCc5ccccc5)sc4c3)c2)n1. The van der Waals surface area contributed by atoms with Gasteiger partial charge in [-0.3, -0.25) is 9.59 Å². The zero-order chi connectivity index (χ0) is 28.6. The Bertz CT molecular complexity index is 1670. The third-order valence-corrected chi connectivity index (χ3v) is 8.87. The van der Waals surface area contributed by atoms with Crippen LogP contribution in [0.1, 0.15) is 79.7 Å². The molecule has 5 rings (SSSR count). The van der Waals surface area contributed by atoms with Crippen LogP contribution < -0.4 is 0 Å². The molecule has 41 heavy (non-hydrogen) atoms. The van der Waals surface area contributed by atoms with E-state index in [1.165, 1.54) is 27.8 Å². The van der Waals surface area contributed by atoms with E-state index in [9.17, 15) is 14.4 Å². The maximum atomic E-state index is 12.8. The van der Waals surface area contributed by atoms with Crippen LogP contribution in [0.15, 0.2) is 78.2 Å². The van der Waals surface area contributed by atoms with Gasteiger partial charge >= 0.3 is 5.97 Å². The van der Waals surface area contributed by atoms with Crippen LogP contribution in [-0.4, -0.2) is 32.6 Å². The molecule has 0 aliphatic carbocycles. The number of aryl methyl sites for hydroxylation is 2. The summed E-state index contributed by atoms with van der Waals surface area (Å²) in [5.41, 5.74) is 5.45. The molecule has 0 radical (unpaired) electrons. The van der Waals surface area contributed by atoms with E-state index in [0.29, 0.717) is 24.3 Å². The lowest BCUT2D eigenvalue weighted by Gasteiger charge is -2.06. The molecule has 0 bridgehead atoms. The Hall–Kier alpha value is -4.01. The predicted octanol–water partition coefficient (Wildman–Crippen LogP) is 8.31. The van der Waals surface area contributed by atoms with E-state index in [1.54, 1.807) is 0 Å². The van der Waals surface area contributed by atoms with Crippen LogP contribution in [0.3, 0.4) is 0 Å². The van der Waals surface area contributed by atoms with E-state index >= 15 is 0 Å². The molecule has 3 aromatic carbocycles. The Morgan fingerprint density at radius 3 is 2.10 bits per heavy atom. The van der Waals surface area contributed by atoms with Crippen molar-refractivity contribution in [3.8, 4) is 11.1 Å². The highest BCUT2D eigenvalue weighted by Crippen LogP contribution is 2.30. The number of hydrogen-bond acceptors (Lipinski definition) is 7. The van der Waals surface area contributed by atoms with Crippen molar-refractivity contribution in [3.05, 3.63) is 105 Å². The molecule has 8 heteroatoms. The Morgan fingerprint density at radius 1 is 0.683 bits per heavy atom. The lowest BCUT2D eigenvalue weighted by molar-refractivity contribution is 0.0691. The first-order valence-electron chi connectivity index (χ1n) is 13.8. The second-order valence-corrected chi connectivity index (χ2v) is 11.9. The van der Waals surface area contributed by atoms with Crippen molar-refractivity contribution in [2.24, 2.45) is 0 Å². The van der Waals surface area contributed by atoms with Crippen LogP contribution in [0, 0.1) is 0 Å². The average Bonchev–Trinajstić information content (AvgIpc) is 3.66. The van der Waals surface area contributed by atoms with Gasteiger partial charge < -0.3 is 5.11 Å². The fourth-order valence-electron chi connectivity index (χ4n) is 4.72. The maximum Gasteiger partial charge on any atom is 0.355 e. The first-order valence-corrected chi connectivity index (χ1v) is 15.4. The van der Waals surface area contributed by atoms with Gasteiger partial charge in [-0.25, -0.2) is 14.8 Å². The van der Waals surface area contributed by atoms with Crippen molar-refractivity contribution in [2.75, 3.05) is 0 Å². The van der Waals surface area contributed by atoms with E-state index in [4.69, 9.17) is 5.11 Å². The van der Waals surface area contributed by atoms with Crippen molar-refractivity contribution in [1.29, 1.82) is 0 Å². The van der Waals surface area contributed by atoms with Gasteiger partial charge in [0.2, 0.25) is 0 Å². The van der Waals surface area contributed by atoms with Gasteiger partial charge in [-0.2, -0.15) is 0 Å². The minimum absolute atomic E-state index is 0.0796. The van der Waals surface area contributed by atoms with Crippen molar-refractivity contribution in [1.82, 2.24) is 9.97 Å². The Labute approximate surface area is 246 Å². The summed E-state index contributed by atoms with van der Waals surface area (Å²) in [5.74, 6) is -1.12. The summed E-state index contributed by atoms with van der Waals surface area (Å²) in [6, 6.07) is 24.9. The average molecular weight is 583 g/mol. The fourth-order valence-corrected chi connectivity index (χ4v) is 6.45. The molecular weight excluding hydrogens is 553 g/mol. The summed E-state index contributed by atoms with van der Waals surface area (Å²) in [4.78, 5) is 44.6. The molecule has 0 fully saturated rings. The smallest absolute Gasteiger partial charge is 0.355 e. The number of carboxylic acids is 1. The number of aromatic carboxylic acids is 1. The van der Waals surface area contributed by atoms with Gasteiger partial charge in [-0.15, -0.1) is 22.7 Å². The molecule has 0 saturated carbocycles. The third kappa shape index (κ3) is 7.60. The third-order valence-electron chi connectivity index (χ3n) is 6.93. The number of fused-ring (bicyclic) bond motifs is 1. The molecule has 0 aliphatic rings. The first-order chi connectivity index (χ1) is 20.0. The summed E-state index contributed by atoms with van der Waals surface area (Å²) < 4.78 is 1.01. The molecule has 0 saturated heterocycles. The highest BCUT2D eigenvalue weighted by molar-refractivity contribution is 7.20. The number of nitrogens with zero attached hydrogens (tertiary/aromatic N) is 2. The number of carbonyl (C=O) groups is 3. The predicted molar refractivity (Wildman–Crippen MR) is 164 cm³/mol. The number of rotatable bonds is 14. The second-order valence-electron chi connectivity index (χ2n) is 9.99. The maximum absolute atomic E-state index is 12.8. The van der Waals surface area contributed by atoms with Crippen LogP contribution in [0.4, 0.5) is 0 Å². The molecule has 0 unspecified atom stereocenters. The van der Waals surface area contributed by atoms with Gasteiger partial charge in [0, 0.05) is 18.2 Å². The van der Waals surface area contributed by atoms with Gasteiger partial charge in [0.1, 0.15) is 0 Å². The number of unbranched alkanes of at least 4 members (excludes halogenated alkanes) is 2. The molecule has 0 aliphatic heterocycles. The number of Topliss-reactive ketones (excluding diaryl/α,β-unsaturated/α-hetero) is 2.